The van der Waals surface area contributed by atoms with Gasteiger partial charge in [-0.3, -0.25) is 4.55 Å². The van der Waals surface area contributed by atoms with Gasteiger partial charge in [0.25, 0.3) is 0 Å². The van der Waals surface area contributed by atoms with E-state index in [2.05, 4.69) is 4.13 Å². The Morgan fingerprint density at radius 2 is 1.88 bits per heavy atom. The van der Waals surface area contributed by atoms with Gasteiger partial charge in [-0.2, -0.15) is 14.3 Å². The standard InChI is InChI=1S/C3H11NO2S2/c1-8(2,3)4-7(5)6/h4H,1-3H3,(H,5,6). The molecular weight excluding hydrogens is 146 g/mol. The number of hydrogen-bond acceptors (Lipinski definition) is 1. The zero-order valence-electron chi connectivity index (χ0n) is 5.17. The second-order valence-electron chi connectivity index (χ2n) is 2.17. The van der Waals surface area contributed by atoms with E-state index >= 15 is 0 Å². The normalized spacial score (nSPS) is 18.0. The van der Waals surface area contributed by atoms with Crippen LogP contribution in [0.2, 0.25) is 0 Å². The summed E-state index contributed by atoms with van der Waals surface area (Å²) in [5.74, 6) is 0. The molecule has 0 spiro atoms. The van der Waals surface area contributed by atoms with Gasteiger partial charge in [0.15, 0.2) is 0 Å². The van der Waals surface area contributed by atoms with Crippen molar-refractivity contribution in [3.63, 3.8) is 0 Å². The highest BCUT2D eigenvalue weighted by Crippen LogP contribution is 2.28. The molecule has 0 rings (SSSR count). The summed E-state index contributed by atoms with van der Waals surface area (Å²) in [6.07, 6.45) is 5.71. The van der Waals surface area contributed by atoms with Crippen molar-refractivity contribution in [1.82, 2.24) is 4.13 Å². The van der Waals surface area contributed by atoms with Gasteiger partial charge in [0, 0.05) is 0 Å². The van der Waals surface area contributed by atoms with Crippen LogP contribution in [0.25, 0.3) is 0 Å². The van der Waals surface area contributed by atoms with Crippen LogP contribution in [0.4, 0.5) is 0 Å². The number of hydrogen-bond donors (Lipinski definition) is 2. The lowest BCUT2D eigenvalue weighted by molar-refractivity contribution is 0.562. The Labute approximate surface area is 53.7 Å². The molecule has 1 atom stereocenters. The summed E-state index contributed by atoms with van der Waals surface area (Å²) in [5, 5.41) is 0. The Morgan fingerprint density at radius 1 is 1.50 bits per heavy atom. The minimum Gasteiger partial charge on any atom is -0.293 e. The quantitative estimate of drug-likeness (QED) is 0.567. The maximum absolute atomic E-state index is 10.0. The summed E-state index contributed by atoms with van der Waals surface area (Å²) in [4.78, 5) is 0. The lowest BCUT2D eigenvalue weighted by Crippen LogP contribution is -2.19. The summed E-state index contributed by atoms with van der Waals surface area (Å²) in [7, 11) is -1.02. The Hall–Kier alpha value is 0.420. The number of nitrogens with one attached hydrogen (secondary N) is 1. The van der Waals surface area contributed by atoms with Crippen LogP contribution < -0.4 is 4.13 Å². The van der Waals surface area contributed by atoms with Crippen LogP contribution in [0.3, 0.4) is 0 Å². The van der Waals surface area contributed by atoms with Gasteiger partial charge in [-0.25, -0.2) is 4.21 Å². The molecule has 0 saturated heterocycles. The fourth-order valence-electron chi connectivity index (χ4n) is 0.214. The van der Waals surface area contributed by atoms with Gasteiger partial charge in [-0.15, -0.1) is 0 Å². The van der Waals surface area contributed by atoms with Crippen molar-refractivity contribution in [2.75, 3.05) is 18.8 Å². The highest BCUT2D eigenvalue weighted by Gasteiger charge is 2.03. The van der Waals surface area contributed by atoms with Crippen LogP contribution in [0, 0.1) is 0 Å². The minimum atomic E-state index is -1.85. The Bertz CT molecular complexity index is 97.9. The molecule has 0 bridgehead atoms. The van der Waals surface area contributed by atoms with Crippen molar-refractivity contribution in [3.05, 3.63) is 0 Å². The third-order valence-corrected chi connectivity index (χ3v) is 2.89. The molecule has 5 heteroatoms. The second-order valence-corrected chi connectivity index (χ2v) is 7.01. The van der Waals surface area contributed by atoms with Gasteiger partial charge in [0.05, 0.1) is 0 Å². The van der Waals surface area contributed by atoms with Crippen LogP contribution in [0.1, 0.15) is 0 Å². The zero-order chi connectivity index (χ0) is 6.78. The average molecular weight is 157 g/mol. The van der Waals surface area contributed by atoms with Crippen LogP contribution in [0.5, 0.6) is 0 Å². The maximum atomic E-state index is 10.0. The van der Waals surface area contributed by atoms with Gasteiger partial charge in [-0.1, -0.05) is 0 Å². The molecule has 1 unspecified atom stereocenters. The van der Waals surface area contributed by atoms with Crippen molar-refractivity contribution in [3.8, 4) is 0 Å². The SMILES string of the molecule is CS(C)(C)NS(=O)O. The predicted molar refractivity (Wildman–Crippen MR) is 39.3 cm³/mol. The molecule has 0 aromatic rings. The Kier molecular flexibility index (Phi) is 2.96. The average Bonchev–Trinajstić information content (AvgIpc) is 1.21. The van der Waals surface area contributed by atoms with Crippen LogP contribution in [-0.4, -0.2) is 27.5 Å². The first-order valence-corrected chi connectivity index (χ1v) is 5.95. The third kappa shape index (κ3) is 6.42. The molecule has 0 aliphatic carbocycles. The Morgan fingerprint density at radius 3 is 1.88 bits per heavy atom. The summed E-state index contributed by atoms with van der Waals surface area (Å²) in [6.45, 7) is 0. The van der Waals surface area contributed by atoms with Gasteiger partial charge < -0.3 is 0 Å². The van der Waals surface area contributed by atoms with Crippen molar-refractivity contribution < 1.29 is 8.76 Å². The van der Waals surface area contributed by atoms with Gasteiger partial charge in [-0.05, 0) is 18.8 Å². The molecule has 0 fully saturated rings. The van der Waals surface area contributed by atoms with E-state index in [9.17, 15) is 4.21 Å². The molecule has 8 heavy (non-hydrogen) atoms. The first-order chi connectivity index (χ1) is 3.42. The van der Waals surface area contributed by atoms with Gasteiger partial charge in [0.2, 0.25) is 11.3 Å². The van der Waals surface area contributed by atoms with Crippen LogP contribution in [-0.2, 0) is 11.3 Å². The molecule has 0 aromatic heterocycles. The Balaban J connectivity index is 3.55. The van der Waals surface area contributed by atoms with E-state index in [1.54, 1.807) is 0 Å². The highest BCUT2D eigenvalue weighted by molar-refractivity contribution is 8.34. The first kappa shape index (κ1) is 8.42. The van der Waals surface area contributed by atoms with E-state index in [-0.39, 0.29) is 0 Å². The van der Waals surface area contributed by atoms with E-state index in [0.29, 0.717) is 0 Å². The smallest absolute Gasteiger partial charge is 0.240 e. The van der Waals surface area contributed by atoms with Gasteiger partial charge in [0.1, 0.15) is 0 Å². The van der Waals surface area contributed by atoms with E-state index in [0.717, 1.165) is 0 Å². The summed E-state index contributed by atoms with van der Waals surface area (Å²) in [6, 6.07) is 0. The summed E-state index contributed by atoms with van der Waals surface area (Å²) < 4.78 is 20.8. The van der Waals surface area contributed by atoms with E-state index < -0.39 is 21.5 Å². The zero-order valence-corrected chi connectivity index (χ0v) is 6.80. The fourth-order valence-corrected chi connectivity index (χ4v) is 1.92. The van der Waals surface area contributed by atoms with E-state index in [1.807, 2.05) is 18.8 Å². The molecular formula is C3H11NO2S2. The van der Waals surface area contributed by atoms with Crippen LogP contribution in [0.15, 0.2) is 0 Å². The molecule has 0 aliphatic heterocycles. The monoisotopic (exact) mass is 157 g/mol. The van der Waals surface area contributed by atoms with Crippen molar-refractivity contribution in [2.45, 2.75) is 0 Å². The fraction of sp³-hybridized carbons (Fsp3) is 1.00. The third-order valence-electron chi connectivity index (χ3n) is 0.321. The first-order valence-electron chi connectivity index (χ1n) is 1.98. The lowest BCUT2D eigenvalue weighted by Gasteiger charge is -2.23. The summed E-state index contributed by atoms with van der Waals surface area (Å²) in [5.41, 5.74) is 0. The largest absolute Gasteiger partial charge is 0.293 e. The van der Waals surface area contributed by atoms with Crippen molar-refractivity contribution in [2.24, 2.45) is 0 Å². The van der Waals surface area contributed by atoms with Gasteiger partial charge >= 0.3 is 0 Å². The van der Waals surface area contributed by atoms with E-state index in [1.165, 1.54) is 0 Å². The second kappa shape index (κ2) is 2.82. The molecule has 0 aliphatic rings. The molecule has 0 aromatic carbocycles. The maximum Gasteiger partial charge on any atom is 0.240 e. The predicted octanol–water partition coefficient (Wildman–Crippen LogP) is 0.322. The molecule has 52 valence electrons. The molecule has 3 nitrogen and oxygen atoms in total. The topological polar surface area (TPSA) is 49.3 Å². The molecule has 0 radical (unpaired) electrons. The molecule has 0 heterocycles. The lowest BCUT2D eigenvalue weighted by atomic mass is 11.9. The molecule has 0 amide bonds. The van der Waals surface area contributed by atoms with Crippen LogP contribution >= 0.6 is 10.2 Å². The van der Waals surface area contributed by atoms with E-state index in [4.69, 9.17) is 4.55 Å². The molecule has 2 N–H and O–H groups in total. The highest BCUT2D eigenvalue weighted by atomic mass is 32.3. The summed E-state index contributed by atoms with van der Waals surface area (Å²) >= 11 is -1.85. The van der Waals surface area contributed by atoms with Crippen molar-refractivity contribution >= 4 is 21.5 Å². The molecule has 0 saturated carbocycles. The number of rotatable bonds is 2. The van der Waals surface area contributed by atoms with Crippen molar-refractivity contribution in [1.29, 1.82) is 0 Å². The minimum absolute atomic E-state index is 1.02.